The summed E-state index contributed by atoms with van der Waals surface area (Å²) in [6.07, 6.45) is 3.29. The number of ether oxygens (including phenoxy) is 1. The standard InChI is InChI=1S/C19H18FN5O2/c1-12-5-6-13(27-11-17-14(20)4-3-7-21-17)8-18(12)25-10-16-15(22-19(25)26)9-24(2)23-16/h3-9H,10-11H2,1-2H3,(H,22,26). The molecule has 1 aliphatic rings. The molecule has 0 saturated heterocycles. The van der Waals surface area contributed by atoms with Crippen molar-refractivity contribution in [3.63, 3.8) is 0 Å². The second kappa shape index (κ2) is 6.71. The van der Waals surface area contributed by atoms with E-state index in [-0.39, 0.29) is 18.3 Å². The van der Waals surface area contributed by atoms with E-state index in [0.717, 1.165) is 16.9 Å². The van der Waals surface area contributed by atoms with Gasteiger partial charge in [-0.3, -0.25) is 14.6 Å². The van der Waals surface area contributed by atoms with E-state index < -0.39 is 5.82 Å². The predicted molar refractivity (Wildman–Crippen MR) is 98.1 cm³/mol. The van der Waals surface area contributed by atoms with Crippen molar-refractivity contribution >= 4 is 17.4 Å². The minimum absolute atomic E-state index is 0.00571. The van der Waals surface area contributed by atoms with E-state index in [1.54, 1.807) is 27.9 Å². The maximum absolute atomic E-state index is 13.7. The minimum atomic E-state index is -0.414. The van der Waals surface area contributed by atoms with Crippen molar-refractivity contribution in [1.29, 1.82) is 0 Å². The Morgan fingerprint density at radius 1 is 1.33 bits per heavy atom. The summed E-state index contributed by atoms with van der Waals surface area (Å²) in [6, 6.07) is 8.06. The van der Waals surface area contributed by atoms with E-state index in [1.807, 2.05) is 20.0 Å². The molecule has 0 fully saturated rings. The average Bonchev–Trinajstić information content (AvgIpc) is 3.00. The largest absolute Gasteiger partial charge is 0.487 e. The van der Waals surface area contributed by atoms with Gasteiger partial charge in [-0.1, -0.05) is 6.07 Å². The number of amides is 2. The molecule has 0 aliphatic carbocycles. The van der Waals surface area contributed by atoms with Gasteiger partial charge in [0.25, 0.3) is 0 Å². The van der Waals surface area contributed by atoms with Gasteiger partial charge in [-0.05, 0) is 30.7 Å². The highest BCUT2D eigenvalue weighted by molar-refractivity contribution is 6.04. The SMILES string of the molecule is Cc1ccc(OCc2ncccc2F)cc1N1Cc2nn(C)cc2NC1=O. The number of hydrogen-bond donors (Lipinski definition) is 1. The molecule has 138 valence electrons. The van der Waals surface area contributed by atoms with Crippen LogP contribution in [-0.2, 0) is 20.2 Å². The zero-order valence-corrected chi connectivity index (χ0v) is 14.9. The lowest BCUT2D eigenvalue weighted by atomic mass is 10.1. The molecule has 0 unspecified atom stereocenters. The number of urea groups is 1. The Hall–Kier alpha value is -3.42. The minimum Gasteiger partial charge on any atom is -0.487 e. The lowest BCUT2D eigenvalue weighted by Crippen LogP contribution is -2.38. The van der Waals surface area contributed by atoms with Gasteiger partial charge < -0.3 is 10.1 Å². The molecule has 1 aliphatic heterocycles. The van der Waals surface area contributed by atoms with Gasteiger partial charge in [0.05, 0.1) is 17.9 Å². The highest BCUT2D eigenvalue weighted by Gasteiger charge is 2.27. The fraction of sp³-hybridized carbons (Fsp3) is 0.211. The molecule has 2 amide bonds. The molecule has 27 heavy (non-hydrogen) atoms. The van der Waals surface area contributed by atoms with Crippen LogP contribution in [0.25, 0.3) is 0 Å². The van der Waals surface area contributed by atoms with Crippen molar-refractivity contribution in [2.24, 2.45) is 7.05 Å². The van der Waals surface area contributed by atoms with Crippen LogP contribution in [0.3, 0.4) is 0 Å². The van der Waals surface area contributed by atoms with E-state index >= 15 is 0 Å². The summed E-state index contributed by atoms with van der Waals surface area (Å²) >= 11 is 0. The second-order valence-electron chi connectivity index (χ2n) is 6.35. The van der Waals surface area contributed by atoms with Crippen molar-refractivity contribution in [3.8, 4) is 5.75 Å². The van der Waals surface area contributed by atoms with Crippen LogP contribution in [0.1, 0.15) is 17.0 Å². The molecule has 8 heteroatoms. The number of hydrogen-bond acceptors (Lipinski definition) is 4. The van der Waals surface area contributed by atoms with E-state index in [4.69, 9.17) is 4.74 Å². The van der Waals surface area contributed by atoms with E-state index in [1.165, 1.54) is 18.3 Å². The first kappa shape index (κ1) is 17.0. The molecule has 3 aromatic rings. The summed E-state index contributed by atoms with van der Waals surface area (Å²) in [5, 5.41) is 7.22. The van der Waals surface area contributed by atoms with Gasteiger partial charge in [0, 0.05) is 25.5 Å². The first-order valence-electron chi connectivity index (χ1n) is 8.45. The third kappa shape index (κ3) is 3.33. The Bertz CT molecular complexity index is 1020. The molecule has 2 aromatic heterocycles. The number of carbonyl (C=O) groups excluding carboxylic acids is 1. The summed E-state index contributed by atoms with van der Waals surface area (Å²) in [5.74, 6) is 0.114. The Labute approximate surface area is 155 Å². The van der Waals surface area contributed by atoms with E-state index in [0.29, 0.717) is 18.0 Å². The quantitative estimate of drug-likeness (QED) is 0.767. The Morgan fingerprint density at radius 2 is 2.19 bits per heavy atom. The number of nitrogens with one attached hydrogen (secondary N) is 1. The summed E-state index contributed by atoms with van der Waals surface area (Å²) in [4.78, 5) is 18.1. The van der Waals surface area contributed by atoms with E-state index in [9.17, 15) is 9.18 Å². The highest BCUT2D eigenvalue weighted by atomic mass is 19.1. The number of pyridine rings is 1. The molecule has 1 aromatic carbocycles. The molecule has 4 rings (SSSR count). The fourth-order valence-electron chi connectivity index (χ4n) is 3.00. The molecule has 3 heterocycles. The number of carbonyl (C=O) groups is 1. The molecular formula is C19H18FN5O2. The predicted octanol–water partition coefficient (Wildman–Crippen LogP) is 3.39. The average molecular weight is 367 g/mol. The zero-order chi connectivity index (χ0) is 19.0. The van der Waals surface area contributed by atoms with Gasteiger partial charge in [-0.15, -0.1) is 0 Å². The van der Waals surface area contributed by atoms with Crippen LogP contribution in [0.2, 0.25) is 0 Å². The number of fused-ring (bicyclic) bond motifs is 1. The van der Waals surface area contributed by atoms with Crippen LogP contribution in [0.15, 0.2) is 42.7 Å². The van der Waals surface area contributed by atoms with Crippen molar-refractivity contribution in [2.75, 3.05) is 10.2 Å². The first-order chi connectivity index (χ1) is 13.0. The lowest BCUT2D eigenvalue weighted by molar-refractivity contribution is 0.256. The van der Waals surface area contributed by atoms with Gasteiger partial charge in [0.15, 0.2) is 0 Å². The summed E-state index contributed by atoms with van der Waals surface area (Å²) in [6.45, 7) is 2.28. The Kier molecular flexibility index (Phi) is 4.23. The molecule has 0 spiro atoms. The van der Waals surface area contributed by atoms with Crippen LogP contribution >= 0.6 is 0 Å². The van der Waals surface area contributed by atoms with Gasteiger partial charge >= 0.3 is 6.03 Å². The molecule has 0 bridgehead atoms. The summed E-state index contributed by atoms with van der Waals surface area (Å²) in [7, 11) is 1.81. The monoisotopic (exact) mass is 367 g/mol. The number of nitrogens with zero attached hydrogens (tertiary/aromatic N) is 4. The van der Waals surface area contributed by atoms with Gasteiger partial charge in [-0.25, -0.2) is 9.18 Å². The number of halogens is 1. The maximum Gasteiger partial charge on any atom is 0.326 e. The molecule has 7 nitrogen and oxygen atoms in total. The normalized spacial score (nSPS) is 13.3. The lowest BCUT2D eigenvalue weighted by Gasteiger charge is -2.28. The van der Waals surface area contributed by atoms with Gasteiger partial charge in [0.2, 0.25) is 0 Å². The smallest absolute Gasteiger partial charge is 0.326 e. The molecule has 0 radical (unpaired) electrons. The van der Waals surface area contributed by atoms with Gasteiger partial charge in [0.1, 0.15) is 29.6 Å². The zero-order valence-electron chi connectivity index (χ0n) is 14.9. The first-order valence-corrected chi connectivity index (χ1v) is 8.45. The molecule has 0 saturated carbocycles. The van der Waals surface area contributed by atoms with E-state index in [2.05, 4.69) is 15.4 Å². The maximum atomic E-state index is 13.7. The highest BCUT2D eigenvalue weighted by Crippen LogP contribution is 2.31. The number of benzene rings is 1. The third-order valence-corrected chi connectivity index (χ3v) is 4.38. The summed E-state index contributed by atoms with van der Waals surface area (Å²) in [5.41, 5.74) is 3.37. The Balaban J connectivity index is 1.57. The van der Waals surface area contributed by atoms with Crippen LogP contribution < -0.4 is 15.0 Å². The fourth-order valence-corrected chi connectivity index (χ4v) is 3.00. The molecule has 1 N–H and O–H groups in total. The number of aryl methyl sites for hydroxylation is 2. The van der Waals surface area contributed by atoms with Crippen molar-refractivity contribution in [1.82, 2.24) is 14.8 Å². The van der Waals surface area contributed by atoms with Crippen LogP contribution in [0.5, 0.6) is 5.75 Å². The third-order valence-electron chi connectivity index (χ3n) is 4.38. The van der Waals surface area contributed by atoms with Crippen molar-refractivity contribution < 1.29 is 13.9 Å². The van der Waals surface area contributed by atoms with Crippen LogP contribution in [-0.4, -0.2) is 20.8 Å². The second-order valence-corrected chi connectivity index (χ2v) is 6.35. The topological polar surface area (TPSA) is 72.3 Å². The van der Waals surface area contributed by atoms with Crippen LogP contribution in [0.4, 0.5) is 20.6 Å². The molecular weight excluding hydrogens is 349 g/mol. The Morgan fingerprint density at radius 3 is 3.00 bits per heavy atom. The van der Waals surface area contributed by atoms with Crippen LogP contribution in [0, 0.1) is 12.7 Å². The van der Waals surface area contributed by atoms with Crippen molar-refractivity contribution in [3.05, 3.63) is 65.5 Å². The summed E-state index contributed by atoms with van der Waals surface area (Å²) < 4.78 is 21.1. The van der Waals surface area contributed by atoms with Crippen molar-refractivity contribution in [2.45, 2.75) is 20.1 Å². The number of aromatic nitrogens is 3. The van der Waals surface area contributed by atoms with Gasteiger partial charge in [-0.2, -0.15) is 5.10 Å². The number of rotatable bonds is 4. The molecule has 0 atom stereocenters. The number of anilines is 2.